The van der Waals surface area contributed by atoms with E-state index in [1.165, 1.54) is 5.38 Å². The molecule has 0 amide bonds. The summed E-state index contributed by atoms with van der Waals surface area (Å²) in [5.74, 6) is -1.24. The maximum absolute atomic E-state index is 12.8. The molecule has 0 aliphatic rings. The Morgan fingerprint density at radius 1 is 0.886 bits per heavy atom. The van der Waals surface area contributed by atoms with Gasteiger partial charge in [0.15, 0.2) is 5.13 Å². The van der Waals surface area contributed by atoms with Gasteiger partial charge in [-0.3, -0.25) is 0 Å². The van der Waals surface area contributed by atoms with Gasteiger partial charge in [-0.2, -0.15) is 8.42 Å². The molecule has 0 saturated heterocycles. The van der Waals surface area contributed by atoms with E-state index in [4.69, 9.17) is 10.6 Å². The molecule has 0 bridgehead atoms. The van der Waals surface area contributed by atoms with Gasteiger partial charge in [-0.05, 0) is 0 Å². The van der Waals surface area contributed by atoms with E-state index in [2.05, 4.69) is 14.3 Å². The Labute approximate surface area is 206 Å². The number of benzene rings is 3. The molecule has 1 heterocycles. The second kappa shape index (κ2) is 10.1. The summed E-state index contributed by atoms with van der Waals surface area (Å²) in [6.45, 7) is 0. The van der Waals surface area contributed by atoms with Crippen LogP contribution in [0, 0.1) is 0 Å². The van der Waals surface area contributed by atoms with Crippen molar-refractivity contribution < 1.29 is 22.2 Å². The molecule has 4 aromatic rings. The first-order valence-corrected chi connectivity index (χ1v) is 13.1. The topological polar surface area (TPSA) is 121 Å². The van der Waals surface area contributed by atoms with Crippen molar-refractivity contribution >= 4 is 38.3 Å². The van der Waals surface area contributed by atoms with E-state index < -0.39 is 27.4 Å². The molecule has 0 radical (unpaired) electrons. The molecule has 10 heteroatoms. The van der Waals surface area contributed by atoms with Crippen molar-refractivity contribution in [1.82, 2.24) is 4.98 Å². The Kier molecular flexibility index (Phi) is 6.94. The van der Waals surface area contributed by atoms with Gasteiger partial charge in [-0.25, -0.2) is 9.78 Å². The van der Waals surface area contributed by atoms with Crippen LogP contribution in [0.5, 0.6) is 0 Å². The normalized spacial score (nSPS) is 12.2. The van der Waals surface area contributed by atoms with Crippen LogP contribution < -0.4 is 5.73 Å². The number of anilines is 1. The van der Waals surface area contributed by atoms with Gasteiger partial charge in [0.2, 0.25) is 11.3 Å². The third kappa shape index (κ3) is 5.39. The predicted octanol–water partition coefficient (Wildman–Crippen LogP) is 3.94. The van der Waals surface area contributed by atoms with Gasteiger partial charge in [0.25, 0.3) is 0 Å². The van der Waals surface area contributed by atoms with Crippen LogP contribution in [0.15, 0.2) is 102 Å². The quantitative estimate of drug-likeness (QED) is 0.166. The molecule has 1 aromatic heterocycles. The molecule has 2 N–H and O–H groups in total. The molecule has 3 aromatic carbocycles. The fourth-order valence-electron chi connectivity index (χ4n) is 3.55. The van der Waals surface area contributed by atoms with E-state index in [1.54, 1.807) is 0 Å². The standard InChI is InChI=1S/C25H21N3O5S2/c1-35(30,31)32-23(29)22(21-17-34-24(26)27-21)28-33-25(18-11-5-2-6-12-18,19-13-7-3-8-14-19)20-15-9-4-10-16-20/h2-17H,1H3,(H2,26,27)/b28-22+. The van der Waals surface area contributed by atoms with Gasteiger partial charge in [0.05, 0.1) is 6.26 Å². The first kappa shape index (κ1) is 24.1. The average molecular weight is 508 g/mol. The van der Waals surface area contributed by atoms with E-state index in [1.807, 2.05) is 91.0 Å². The van der Waals surface area contributed by atoms with Gasteiger partial charge in [-0.1, -0.05) is 96.2 Å². The Hall–Kier alpha value is -4.02. The van der Waals surface area contributed by atoms with E-state index in [9.17, 15) is 13.2 Å². The van der Waals surface area contributed by atoms with Crippen LogP contribution in [-0.2, 0) is 29.5 Å². The number of hydrogen-bond acceptors (Lipinski definition) is 9. The highest BCUT2D eigenvalue weighted by atomic mass is 32.2. The maximum Gasteiger partial charge on any atom is 0.378 e. The summed E-state index contributed by atoms with van der Waals surface area (Å²) < 4.78 is 27.9. The fourth-order valence-corrected chi connectivity index (χ4v) is 4.45. The molecular formula is C25H21N3O5S2. The summed E-state index contributed by atoms with van der Waals surface area (Å²) in [7, 11) is -4.12. The van der Waals surface area contributed by atoms with Crippen molar-refractivity contribution in [3.8, 4) is 0 Å². The number of nitrogens with two attached hydrogens (primary N) is 1. The van der Waals surface area contributed by atoms with E-state index in [0.29, 0.717) is 0 Å². The van der Waals surface area contributed by atoms with Crippen molar-refractivity contribution in [2.45, 2.75) is 5.60 Å². The average Bonchev–Trinajstić information content (AvgIpc) is 3.28. The van der Waals surface area contributed by atoms with Crippen LogP contribution in [0.1, 0.15) is 22.4 Å². The lowest BCUT2D eigenvalue weighted by atomic mass is 9.80. The molecular weight excluding hydrogens is 486 g/mol. The lowest BCUT2D eigenvalue weighted by Crippen LogP contribution is -2.32. The maximum atomic E-state index is 12.8. The van der Waals surface area contributed by atoms with Crippen LogP contribution in [0.2, 0.25) is 0 Å². The Balaban J connectivity index is 1.94. The van der Waals surface area contributed by atoms with E-state index in [0.717, 1.165) is 34.3 Å². The number of hydrogen-bond donors (Lipinski definition) is 1. The number of nitrogen functional groups attached to an aromatic ring is 1. The molecule has 0 aliphatic heterocycles. The summed E-state index contributed by atoms with van der Waals surface area (Å²) in [5, 5.41) is 5.79. The van der Waals surface area contributed by atoms with Gasteiger partial charge in [0, 0.05) is 22.1 Å². The minimum atomic E-state index is -4.12. The Bertz CT molecular complexity index is 1340. The summed E-state index contributed by atoms with van der Waals surface area (Å²) in [6.07, 6.45) is 0.765. The van der Waals surface area contributed by atoms with Crippen molar-refractivity contribution in [3.05, 3.63) is 119 Å². The molecule has 4 rings (SSSR count). The summed E-state index contributed by atoms with van der Waals surface area (Å²) in [5.41, 5.74) is 6.24. The second-order valence-electron chi connectivity index (χ2n) is 7.46. The van der Waals surface area contributed by atoms with Gasteiger partial charge < -0.3 is 14.8 Å². The number of nitrogens with zero attached hydrogens (tertiary/aromatic N) is 2. The van der Waals surface area contributed by atoms with Gasteiger partial charge in [-0.15, -0.1) is 11.3 Å². The van der Waals surface area contributed by atoms with Gasteiger partial charge >= 0.3 is 16.1 Å². The number of rotatable bonds is 8. The first-order valence-electron chi connectivity index (χ1n) is 10.4. The molecule has 0 fully saturated rings. The molecule has 0 saturated carbocycles. The van der Waals surface area contributed by atoms with Crippen LogP contribution in [0.3, 0.4) is 0 Å². The largest absolute Gasteiger partial charge is 0.378 e. The molecule has 0 unspecified atom stereocenters. The zero-order valence-electron chi connectivity index (χ0n) is 18.6. The third-order valence-electron chi connectivity index (χ3n) is 5.00. The minimum absolute atomic E-state index is 0.0317. The highest BCUT2D eigenvalue weighted by Crippen LogP contribution is 2.40. The molecule has 178 valence electrons. The van der Waals surface area contributed by atoms with Crippen LogP contribution in [0.4, 0.5) is 5.13 Å². The summed E-state index contributed by atoms with van der Waals surface area (Å²) in [6, 6.07) is 28.1. The minimum Gasteiger partial charge on any atom is -0.375 e. The first-order chi connectivity index (χ1) is 16.8. The van der Waals surface area contributed by atoms with Crippen molar-refractivity contribution in [1.29, 1.82) is 0 Å². The molecule has 0 atom stereocenters. The third-order valence-corrected chi connectivity index (χ3v) is 6.13. The molecule has 0 aliphatic carbocycles. The Morgan fingerprint density at radius 3 is 1.71 bits per heavy atom. The molecule has 8 nitrogen and oxygen atoms in total. The smallest absolute Gasteiger partial charge is 0.375 e. The number of carbonyl (C=O) groups is 1. The lowest BCUT2D eigenvalue weighted by molar-refractivity contribution is -0.126. The highest BCUT2D eigenvalue weighted by Gasteiger charge is 2.40. The van der Waals surface area contributed by atoms with Gasteiger partial charge in [0.1, 0.15) is 5.69 Å². The zero-order chi connectivity index (χ0) is 24.9. The fraction of sp³-hybridized carbons (Fsp3) is 0.0800. The second-order valence-corrected chi connectivity index (χ2v) is 9.92. The highest BCUT2D eigenvalue weighted by molar-refractivity contribution is 7.86. The number of oxime groups is 1. The predicted molar refractivity (Wildman–Crippen MR) is 134 cm³/mol. The van der Waals surface area contributed by atoms with Crippen molar-refractivity contribution in [2.75, 3.05) is 12.0 Å². The van der Waals surface area contributed by atoms with Crippen LogP contribution in [0.25, 0.3) is 0 Å². The summed E-state index contributed by atoms with van der Waals surface area (Å²) in [4.78, 5) is 23.1. The number of carbonyl (C=O) groups excluding carboxylic acids is 1. The lowest BCUT2D eigenvalue weighted by Gasteiger charge is -2.33. The van der Waals surface area contributed by atoms with Crippen molar-refractivity contribution in [2.24, 2.45) is 5.16 Å². The van der Waals surface area contributed by atoms with Crippen LogP contribution in [-0.4, -0.2) is 31.3 Å². The Morgan fingerprint density at radius 2 is 1.34 bits per heavy atom. The SMILES string of the molecule is CS(=O)(=O)OC(=O)/C(=N/OC(c1ccccc1)(c1ccccc1)c1ccccc1)c1csc(N)n1. The zero-order valence-corrected chi connectivity index (χ0v) is 20.2. The molecule has 35 heavy (non-hydrogen) atoms. The monoisotopic (exact) mass is 507 g/mol. The molecule has 0 spiro atoms. The van der Waals surface area contributed by atoms with Crippen molar-refractivity contribution in [3.63, 3.8) is 0 Å². The summed E-state index contributed by atoms with van der Waals surface area (Å²) >= 11 is 1.06. The van der Waals surface area contributed by atoms with E-state index in [-0.39, 0.29) is 10.8 Å². The number of aromatic nitrogens is 1. The van der Waals surface area contributed by atoms with E-state index >= 15 is 0 Å². The number of thiazole rings is 1. The van der Waals surface area contributed by atoms with Crippen LogP contribution >= 0.6 is 11.3 Å².